The maximum atomic E-state index is 13.3. The molecule has 3 amide bonds. The molecule has 0 fully saturated rings. The third kappa shape index (κ3) is 7.75. The van der Waals surface area contributed by atoms with Gasteiger partial charge < -0.3 is 37.8 Å². The zero-order valence-corrected chi connectivity index (χ0v) is 21.3. The highest BCUT2D eigenvalue weighted by molar-refractivity contribution is 6.02. The molecule has 0 saturated heterocycles. The van der Waals surface area contributed by atoms with E-state index in [1.165, 1.54) is 4.90 Å². The number of nitrogens with zero attached hydrogens (tertiary/aromatic N) is 1. The Hall–Kier alpha value is -3.99. The average molecular weight is 521 g/mol. The fourth-order valence-electron chi connectivity index (χ4n) is 4.16. The van der Waals surface area contributed by atoms with Gasteiger partial charge in [-0.1, -0.05) is 60.7 Å². The highest BCUT2D eigenvalue weighted by Crippen LogP contribution is 2.32. The third-order valence-corrected chi connectivity index (χ3v) is 6.24. The van der Waals surface area contributed by atoms with E-state index in [1.807, 2.05) is 42.5 Å². The van der Waals surface area contributed by atoms with Gasteiger partial charge in [0.25, 0.3) is 0 Å². The van der Waals surface area contributed by atoms with Gasteiger partial charge in [-0.2, -0.15) is 0 Å². The molecule has 2 atom stereocenters. The number of aromatic hydroxyl groups is 1. The van der Waals surface area contributed by atoms with Gasteiger partial charge in [0.1, 0.15) is 11.8 Å². The molecule has 3 aromatic rings. The number of nitrogens with one attached hydrogen (secondary N) is 2. The maximum absolute atomic E-state index is 13.3. The summed E-state index contributed by atoms with van der Waals surface area (Å²) in [4.78, 5) is 40.3. The number of carbonyl (C=O) groups excluding carboxylic acids is 3. The Kier molecular flexibility index (Phi) is 10.6. The predicted octanol–water partition coefficient (Wildman–Crippen LogP) is 1.06. The molecule has 0 radical (unpaired) electrons. The van der Waals surface area contributed by atoms with Gasteiger partial charge in [0, 0.05) is 31.6 Å². The van der Waals surface area contributed by atoms with Crippen molar-refractivity contribution in [2.45, 2.75) is 31.3 Å². The van der Waals surface area contributed by atoms with Gasteiger partial charge in [0.2, 0.25) is 17.7 Å². The summed E-state index contributed by atoms with van der Waals surface area (Å²) < 4.78 is 0. The normalized spacial score (nSPS) is 12.5. The van der Waals surface area contributed by atoms with Crippen LogP contribution in [0.4, 0.5) is 5.69 Å². The maximum Gasteiger partial charge on any atom is 0.247 e. The number of fused-ring (bicyclic) bond motifs is 1. The second-order valence-electron chi connectivity index (χ2n) is 9.03. The van der Waals surface area contributed by atoms with Gasteiger partial charge >= 0.3 is 0 Å². The lowest BCUT2D eigenvalue weighted by molar-refractivity contribution is -0.134. The molecule has 9 N–H and O–H groups in total. The predicted molar refractivity (Wildman–Crippen MR) is 148 cm³/mol. The van der Waals surface area contributed by atoms with Crippen LogP contribution in [-0.4, -0.2) is 66.0 Å². The fourth-order valence-corrected chi connectivity index (χ4v) is 4.16. The fraction of sp³-hybridized carbons (Fsp3) is 0.321. The van der Waals surface area contributed by atoms with Crippen molar-refractivity contribution >= 4 is 34.2 Å². The summed E-state index contributed by atoms with van der Waals surface area (Å²) >= 11 is 0. The van der Waals surface area contributed by atoms with E-state index in [2.05, 4.69) is 10.6 Å². The van der Waals surface area contributed by atoms with E-state index in [9.17, 15) is 19.5 Å². The molecule has 0 aliphatic carbocycles. The highest BCUT2D eigenvalue weighted by Gasteiger charge is 2.27. The molecule has 0 aromatic heterocycles. The number of rotatable bonds is 13. The van der Waals surface area contributed by atoms with Crippen LogP contribution in [0.25, 0.3) is 10.8 Å². The van der Waals surface area contributed by atoms with E-state index in [1.54, 1.807) is 24.3 Å². The van der Waals surface area contributed by atoms with Crippen molar-refractivity contribution in [3.05, 3.63) is 72.3 Å². The Balaban J connectivity index is 1.73. The summed E-state index contributed by atoms with van der Waals surface area (Å²) in [5.74, 6) is -1.54. The minimum Gasteiger partial charge on any atom is -0.505 e. The van der Waals surface area contributed by atoms with Crippen molar-refractivity contribution < 1.29 is 19.5 Å². The Bertz CT molecular complexity index is 1230. The second-order valence-corrected chi connectivity index (χ2v) is 9.03. The van der Waals surface area contributed by atoms with Crippen molar-refractivity contribution in [2.24, 2.45) is 17.2 Å². The first-order valence-corrected chi connectivity index (χ1v) is 12.6. The van der Waals surface area contributed by atoms with E-state index in [4.69, 9.17) is 17.2 Å². The Morgan fingerprint density at radius 2 is 1.53 bits per heavy atom. The van der Waals surface area contributed by atoms with Crippen LogP contribution in [0.3, 0.4) is 0 Å². The summed E-state index contributed by atoms with van der Waals surface area (Å²) in [7, 11) is 0. The largest absolute Gasteiger partial charge is 0.505 e. The quantitative estimate of drug-likeness (QED) is 0.183. The molecule has 0 spiro atoms. The smallest absolute Gasteiger partial charge is 0.247 e. The standard InChI is InChI=1S/C28H36N6O4/c29-14-16-34(17-15-30)25(35)18-22(31)27(37)33-24(12-10-19-6-2-1-3-7-19)28(38)32-23-13-11-20-8-4-5-9-21(20)26(23)36/h1-9,11,13,22,24,36H,10,12,14-18,29-31H2,(H,32,38)(H,33,37)/t22-,24-/m0/s1. The Morgan fingerprint density at radius 3 is 2.21 bits per heavy atom. The van der Waals surface area contributed by atoms with Gasteiger partial charge in [0.15, 0.2) is 0 Å². The number of amides is 3. The summed E-state index contributed by atoms with van der Waals surface area (Å²) in [5, 5.41) is 17.6. The first-order chi connectivity index (χ1) is 18.3. The molecule has 3 aromatic carbocycles. The van der Waals surface area contributed by atoms with Gasteiger partial charge in [-0.15, -0.1) is 0 Å². The number of anilines is 1. The van der Waals surface area contributed by atoms with Gasteiger partial charge in [-0.3, -0.25) is 14.4 Å². The van der Waals surface area contributed by atoms with Crippen LogP contribution in [0.1, 0.15) is 18.4 Å². The lowest BCUT2D eigenvalue weighted by atomic mass is 10.0. The highest BCUT2D eigenvalue weighted by atomic mass is 16.3. The minimum absolute atomic E-state index is 0.0632. The molecule has 10 heteroatoms. The summed E-state index contributed by atoms with van der Waals surface area (Å²) in [5.41, 5.74) is 18.4. The minimum atomic E-state index is -1.17. The monoisotopic (exact) mass is 520 g/mol. The summed E-state index contributed by atoms with van der Waals surface area (Å²) in [6.45, 7) is 1.14. The van der Waals surface area contributed by atoms with Gasteiger partial charge in [0.05, 0.1) is 18.2 Å². The van der Waals surface area contributed by atoms with Gasteiger partial charge in [-0.05, 0) is 29.9 Å². The Labute approximate surface area is 222 Å². The SMILES string of the molecule is NCCN(CCN)C(=O)C[C@H](N)C(=O)N[C@@H](CCc1ccccc1)C(=O)Nc1ccc2ccccc2c1O. The van der Waals surface area contributed by atoms with E-state index >= 15 is 0 Å². The third-order valence-electron chi connectivity index (χ3n) is 6.24. The molecule has 0 saturated carbocycles. The molecule has 3 rings (SSSR count). The van der Waals surface area contributed by atoms with E-state index in [0.29, 0.717) is 24.9 Å². The number of nitrogens with two attached hydrogens (primary N) is 3. The topological polar surface area (TPSA) is 177 Å². The zero-order chi connectivity index (χ0) is 27.5. The van der Waals surface area contributed by atoms with Crippen LogP contribution >= 0.6 is 0 Å². The molecule has 0 aliphatic rings. The van der Waals surface area contributed by atoms with Crippen LogP contribution < -0.4 is 27.8 Å². The number of aryl methyl sites for hydroxylation is 1. The number of phenolic OH excluding ortho intramolecular Hbond substituents is 1. The number of benzene rings is 3. The number of hydrogen-bond acceptors (Lipinski definition) is 7. The molecule has 0 bridgehead atoms. The molecule has 202 valence electrons. The van der Waals surface area contributed by atoms with E-state index in [-0.39, 0.29) is 43.3 Å². The molecule has 0 unspecified atom stereocenters. The van der Waals surface area contributed by atoms with Crippen LogP contribution in [0, 0.1) is 0 Å². The van der Waals surface area contributed by atoms with E-state index in [0.717, 1.165) is 10.9 Å². The lowest BCUT2D eigenvalue weighted by Gasteiger charge is -2.24. The zero-order valence-electron chi connectivity index (χ0n) is 21.3. The van der Waals surface area contributed by atoms with Crippen molar-refractivity contribution in [3.63, 3.8) is 0 Å². The molecule has 10 nitrogen and oxygen atoms in total. The van der Waals surface area contributed by atoms with Crippen LogP contribution in [0.5, 0.6) is 5.75 Å². The van der Waals surface area contributed by atoms with Crippen molar-refractivity contribution in [3.8, 4) is 5.75 Å². The van der Waals surface area contributed by atoms with Crippen molar-refractivity contribution in [1.29, 1.82) is 0 Å². The van der Waals surface area contributed by atoms with E-state index < -0.39 is 23.9 Å². The van der Waals surface area contributed by atoms with Gasteiger partial charge in [-0.25, -0.2) is 0 Å². The summed E-state index contributed by atoms with van der Waals surface area (Å²) in [6, 6.07) is 18.1. The first kappa shape index (κ1) is 28.6. The summed E-state index contributed by atoms with van der Waals surface area (Å²) in [6.07, 6.45) is 0.547. The van der Waals surface area contributed by atoms with Crippen molar-refractivity contribution in [2.75, 3.05) is 31.5 Å². The average Bonchev–Trinajstić information content (AvgIpc) is 2.92. The van der Waals surface area contributed by atoms with Crippen molar-refractivity contribution in [1.82, 2.24) is 10.2 Å². The molecule has 0 heterocycles. The van der Waals surface area contributed by atoms with Crippen LogP contribution in [-0.2, 0) is 20.8 Å². The second kappa shape index (κ2) is 14.1. The first-order valence-electron chi connectivity index (χ1n) is 12.6. The molecular formula is C28H36N6O4. The molecule has 38 heavy (non-hydrogen) atoms. The number of hydrogen-bond donors (Lipinski definition) is 6. The van der Waals surface area contributed by atoms with Crippen LogP contribution in [0.2, 0.25) is 0 Å². The molecular weight excluding hydrogens is 484 g/mol. The van der Waals surface area contributed by atoms with Crippen LogP contribution in [0.15, 0.2) is 66.7 Å². The Morgan fingerprint density at radius 1 is 0.868 bits per heavy atom. The lowest BCUT2D eigenvalue weighted by Crippen LogP contribution is -2.52. The number of phenols is 1. The molecule has 0 aliphatic heterocycles. The number of carbonyl (C=O) groups is 3.